The van der Waals surface area contributed by atoms with Crippen LogP contribution in [0.25, 0.3) is 0 Å². The van der Waals surface area contributed by atoms with Crippen molar-refractivity contribution in [2.45, 2.75) is 5.54 Å². The molecule has 2 nitrogen and oxygen atoms in total. The van der Waals surface area contributed by atoms with Crippen molar-refractivity contribution in [3.05, 3.63) is 132 Å². The van der Waals surface area contributed by atoms with Crippen LogP contribution in [-0.4, -0.2) is 14.1 Å². The zero-order valence-corrected chi connectivity index (χ0v) is 17.5. The number of hydrogen-bond donors (Lipinski definition) is 0. The minimum atomic E-state index is -0.450. The van der Waals surface area contributed by atoms with Crippen molar-refractivity contribution < 1.29 is 17.0 Å². The maximum atomic E-state index is 2.32. The van der Waals surface area contributed by atoms with Gasteiger partial charge in [-0.15, -0.1) is 0 Å². The van der Waals surface area contributed by atoms with Gasteiger partial charge in [-0.05, 0) is 0 Å². The lowest BCUT2D eigenvalue weighted by Crippen LogP contribution is -3.00. The summed E-state index contributed by atoms with van der Waals surface area (Å²) in [6.07, 6.45) is 4.37. The Hall–Kier alpha value is -3.10. The van der Waals surface area contributed by atoms with Gasteiger partial charge in [0.15, 0.2) is 12.4 Å². The van der Waals surface area contributed by atoms with Gasteiger partial charge in [0.2, 0.25) is 5.54 Å². The highest BCUT2D eigenvalue weighted by molar-refractivity contribution is 5.47. The number of nitrogens with zero attached hydrogens (tertiary/aromatic N) is 2. The zero-order valence-electron chi connectivity index (χ0n) is 16.7. The van der Waals surface area contributed by atoms with Gasteiger partial charge < -0.3 is 17.3 Å². The predicted octanol–water partition coefficient (Wildman–Crippen LogP) is 1.88. The van der Waals surface area contributed by atoms with Gasteiger partial charge in [0.25, 0.3) is 0 Å². The second-order valence-corrected chi connectivity index (χ2v) is 7.17. The van der Waals surface area contributed by atoms with Crippen LogP contribution < -0.4 is 21.9 Å². The number of aromatic nitrogens is 1. The second-order valence-electron chi connectivity index (χ2n) is 7.17. The van der Waals surface area contributed by atoms with Gasteiger partial charge >= 0.3 is 0 Å². The Morgan fingerprint density at radius 3 is 1.21 bits per heavy atom. The lowest BCUT2D eigenvalue weighted by atomic mass is 9.76. The molecule has 29 heavy (non-hydrogen) atoms. The van der Waals surface area contributed by atoms with Gasteiger partial charge in [0, 0.05) is 48.6 Å². The number of hydrogen-bond acceptors (Lipinski definition) is 1. The van der Waals surface area contributed by atoms with Crippen LogP contribution in [-0.2, 0) is 5.54 Å². The first kappa shape index (κ1) is 20.6. The van der Waals surface area contributed by atoms with E-state index in [1.165, 1.54) is 22.4 Å². The normalized spacial score (nSPS) is 10.8. The summed E-state index contributed by atoms with van der Waals surface area (Å²) in [5, 5.41) is 0. The SMILES string of the molecule is CN(C)c1cc[n+](C(c2ccccc2)(c2ccccc2)c2ccccc2)cc1.[Cl-]. The highest BCUT2D eigenvalue weighted by atomic mass is 35.5. The monoisotopic (exact) mass is 400 g/mol. The Labute approximate surface area is 179 Å². The number of pyridine rings is 1. The van der Waals surface area contributed by atoms with E-state index >= 15 is 0 Å². The summed E-state index contributed by atoms with van der Waals surface area (Å²) in [7, 11) is 4.14. The number of halogens is 1. The summed E-state index contributed by atoms with van der Waals surface area (Å²) >= 11 is 0. The van der Waals surface area contributed by atoms with Gasteiger partial charge in [-0.2, -0.15) is 4.57 Å². The first-order valence-electron chi connectivity index (χ1n) is 9.58. The van der Waals surface area contributed by atoms with Crippen LogP contribution in [0.15, 0.2) is 116 Å². The molecule has 0 unspecified atom stereocenters. The molecule has 0 saturated heterocycles. The van der Waals surface area contributed by atoms with Crippen molar-refractivity contribution in [3.8, 4) is 0 Å². The maximum absolute atomic E-state index is 2.32. The molecule has 0 radical (unpaired) electrons. The molecule has 0 aliphatic rings. The van der Waals surface area contributed by atoms with Crippen LogP contribution in [0.5, 0.6) is 0 Å². The molecule has 0 aliphatic carbocycles. The number of benzene rings is 3. The number of anilines is 1. The molecular formula is C26H25ClN2. The third-order valence-corrected chi connectivity index (χ3v) is 5.29. The standard InChI is InChI=1S/C26H25N2.ClH/c1-27(2)25-18-20-28(21-19-25)26(22-12-6-3-7-13-22,23-14-8-4-9-15-23)24-16-10-5-11-17-24;/h3-21H,1-2H3;1H/q+1;/p-1. The second kappa shape index (κ2) is 8.93. The van der Waals surface area contributed by atoms with Crippen molar-refractivity contribution in [2.75, 3.05) is 19.0 Å². The van der Waals surface area contributed by atoms with E-state index in [2.05, 4.69) is 139 Å². The van der Waals surface area contributed by atoms with Crippen molar-refractivity contribution >= 4 is 5.69 Å². The molecular weight excluding hydrogens is 376 g/mol. The van der Waals surface area contributed by atoms with E-state index in [4.69, 9.17) is 0 Å². The molecule has 0 N–H and O–H groups in total. The van der Waals surface area contributed by atoms with Crippen LogP contribution >= 0.6 is 0 Å². The summed E-state index contributed by atoms with van der Waals surface area (Å²) in [6, 6.07) is 36.5. The topological polar surface area (TPSA) is 7.12 Å². The van der Waals surface area contributed by atoms with Crippen LogP contribution in [0.4, 0.5) is 5.69 Å². The van der Waals surface area contributed by atoms with Gasteiger partial charge in [-0.3, -0.25) is 0 Å². The van der Waals surface area contributed by atoms with E-state index < -0.39 is 5.54 Å². The van der Waals surface area contributed by atoms with E-state index in [9.17, 15) is 0 Å². The third kappa shape index (κ3) is 3.76. The lowest BCUT2D eigenvalue weighted by molar-refractivity contribution is -0.734. The first-order chi connectivity index (χ1) is 13.7. The molecule has 146 valence electrons. The summed E-state index contributed by atoms with van der Waals surface area (Å²) in [6.45, 7) is 0. The molecule has 0 spiro atoms. The highest BCUT2D eigenvalue weighted by Crippen LogP contribution is 2.36. The largest absolute Gasteiger partial charge is 1.00 e. The maximum Gasteiger partial charge on any atom is 0.243 e. The van der Waals surface area contributed by atoms with E-state index in [1.807, 2.05) is 0 Å². The Kier molecular flexibility index (Phi) is 6.36. The van der Waals surface area contributed by atoms with Crippen molar-refractivity contribution in [3.63, 3.8) is 0 Å². The van der Waals surface area contributed by atoms with E-state index in [0.717, 1.165) is 0 Å². The molecule has 3 heteroatoms. The Bertz CT molecular complexity index is 918. The van der Waals surface area contributed by atoms with Crippen LogP contribution in [0.1, 0.15) is 16.7 Å². The van der Waals surface area contributed by atoms with E-state index in [-0.39, 0.29) is 12.4 Å². The zero-order chi connectivity index (χ0) is 19.4. The molecule has 0 aliphatic heterocycles. The fraction of sp³-hybridized carbons (Fsp3) is 0.115. The first-order valence-corrected chi connectivity index (χ1v) is 9.58. The summed E-state index contributed by atoms with van der Waals surface area (Å²) in [4.78, 5) is 2.12. The predicted molar refractivity (Wildman–Crippen MR) is 116 cm³/mol. The van der Waals surface area contributed by atoms with Gasteiger partial charge in [0.05, 0.1) is 0 Å². The summed E-state index contributed by atoms with van der Waals surface area (Å²) in [5.74, 6) is 0. The van der Waals surface area contributed by atoms with Crippen LogP contribution in [0, 0.1) is 0 Å². The minimum Gasteiger partial charge on any atom is -1.00 e. The smallest absolute Gasteiger partial charge is 0.243 e. The molecule has 0 fully saturated rings. The molecule has 0 atom stereocenters. The molecule has 1 aromatic heterocycles. The van der Waals surface area contributed by atoms with Gasteiger partial charge in [-0.25, -0.2) is 0 Å². The molecule has 4 aromatic rings. The Morgan fingerprint density at radius 2 is 0.897 bits per heavy atom. The molecule has 0 amide bonds. The molecule has 0 bridgehead atoms. The van der Waals surface area contributed by atoms with Gasteiger partial charge in [0.1, 0.15) is 0 Å². The van der Waals surface area contributed by atoms with Crippen LogP contribution in [0.2, 0.25) is 0 Å². The summed E-state index contributed by atoms with van der Waals surface area (Å²) in [5.41, 5.74) is 4.42. The van der Waals surface area contributed by atoms with Gasteiger partial charge in [-0.1, -0.05) is 91.0 Å². The Morgan fingerprint density at radius 1 is 0.552 bits per heavy atom. The van der Waals surface area contributed by atoms with E-state index in [0.29, 0.717) is 0 Å². The fourth-order valence-corrected chi connectivity index (χ4v) is 3.93. The van der Waals surface area contributed by atoms with Crippen molar-refractivity contribution in [1.82, 2.24) is 0 Å². The molecule has 0 saturated carbocycles. The molecule has 1 heterocycles. The quantitative estimate of drug-likeness (QED) is 0.366. The lowest BCUT2D eigenvalue weighted by Gasteiger charge is -2.30. The summed E-state index contributed by atoms with van der Waals surface area (Å²) < 4.78 is 2.32. The number of rotatable bonds is 5. The van der Waals surface area contributed by atoms with Crippen molar-refractivity contribution in [2.24, 2.45) is 0 Å². The van der Waals surface area contributed by atoms with E-state index in [1.54, 1.807) is 0 Å². The minimum absolute atomic E-state index is 0. The molecule has 4 rings (SSSR count). The third-order valence-electron chi connectivity index (χ3n) is 5.29. The molecule has 3 aromatic carbocycles. The fourth-order valence-electron chi connectivity index (χ4n) is 3.93. The highest BCUT2D eigenvalue weighted by Gasteiger charge is 2.45. The Balaban J connectivity index is 0.00000240. The van der Waals surface area contributed by atoms with Crippen LogP contribution in [0.3, 0.4) is 0 Å². The average molecular weight is 401 g/mol. The average Bonchev–Trinajstić information content (AvgIpc) is 2.77. The van der Waals surface area contributed by atoms with Crippen molar-refractivity contribution in [1.29, 1.82) is 0 Å².